The molecule has 0 amide bonds. The second kappa shape index (κ2) is 17.2. The molecule has 0 bridgehead atoms. The van der Waals surface area contributed by atoms with Gasteiger partial charge in [-0.1, -0.05) is 65.2 Å². The molecule has 0 aliphatic carbocycles. The number of ether oxygens (including phenoxy) is 2. The Hall–Kier alpha value is -0.359. The van der Waals surface area contributed by atoms with Crippen molar-refractivity contribution in [1.29, 1.82) is 0 Å². The fourth-order valence-corrected chi connectivity index (χ4v) is 3.44. The van der Waals surface area contributed by atoms with E-state index in [9.17, 15) is 22.6 Å². The van der Waals surface area contributed by atoms with Crippen molar-refractivity contribution < 1.29 is 32.0 Å². The molecule has 0 saturated heterocycles. The summed E-state index contributed by atoms with van der Waals surface area (Å²) in [6, 6.07) is 3.22. The van der Waals surface area contributed by atoms with Gasteiger partial charge in [-0.15, -0.1) is 0 Å². The van der Waals surface area contributed by atoms with Gasteiger partial charge < -0.3 is 9.47 Å². The third kappa shape index (κ3) is 13.1. The molecule has 0 spiro atoms. The SMILES string of the molecule is CCCCCCCOC(=O)c1cc(C(=O)OCCCCCCC)cc(S(=O)(=O)O)c1.[BaH2]. The number of hydrogen-bond acceptors (Lipinski definition) is 6. The van der Waals surface area contributed by atoms with E-state index in [-0.39, 0.29) is 73.2 Å². The summed E-state index contributed by atoms with van der Waals surface area (Å²) in [5.74, 6) is -1.49. The fourth-order valence-electron chi connectivity index (χ4n) is 2.89. The van der Waals surface area contributed by atoms with Gasteiger partial charge in [0.2, 0.25) is 0 Å². The summed E-state index contributed by atoms with van der Waals surface area (Å²) >= 11 is 0. The Kier molecular flexibility index (Phi) is 17.0. The Labute approximate surface area is 226 Å². The quantitative estimate of drug-likeness (QED) is 0.143. The van der Waals surface area contributed by atoms with Gasteiger partial charge in [-0.3, -0.25) is 4.55 Å². The van der Waals surface area contributed by atoms with Crippen molar-refractivity contribution in [1.82, 2.24) is 0 Å². The molecule has 0 radical (unpaired) electrons. The van der Waals surface area contributed by atoms with Crippen LogP contribution in [0.25, 0.3) is 0 Å². The minimum absolute atomic E-state index is 0. The average molecular weight is 582 g/mol. The first kappa shape index (κ1) is 30.6. The van der Waals surface area contributed by atoms with Crippen LogP contribution >= 0.6 is 0 Å². The molecule has 0 atom stereocenters. The van der Waals surface area contributed by atoms with Gasteiger partial charge in [-0.05, 0) is 31.0 Å². The van der Waals surface area contributed by atoms with Crippen LogP contribution in [0.15, 0.2) is 23.1 Å². The monoisotopic (exact) mass is 582 g/mol. The first-order valence-corrected chi connectivity index (χ1v) is 12.2. The van der Waals surface area contributed by atoms with Crippen LogP contribution in [0.3, 0.4) is 0 Å². The topological polar surface area (TPSA) is 107 Å². The Morgan fingerprint density at radius 2 is 1.13 bits per heavy atom. The molecule has 0 aromatic heterocycles. The maximum atomic E-state index is 12.3. The van der Waals surface area contributed by atoms with Gasteiger partial charge in [0.1, 0.15) is 0 Å². The summed E-state index contributed by atoms with van der Waals surface area (Å²) < 4.78 is 42.8. The summed E-state index contributed by atoms with van der Waals surface area (Å²) in [4.78, 5) is 24.0. The summed E-state index contributed by atoms with van der Waals surface area (Å²) in [5.41, 5.74) is -0.234. The van der Waals surface area contributed by atoms with Crippen molar-refractivity contribution in [3.8, 4) is 0 Å². The van der Waals surface area contributed by atoms with Crippen molar-refractivity contribution in [2.75, 3.05) is 13.2 Å². The van der Waals surface area contributed by atoms with E-state index in [4.69, 9.17) is 9.47 Å². The third-order valence-corrected chi connectivity index (χ3v) is 5.47. The third-order valence-electron chi connectivity index (χ3n) is 4.64. The second-order valence-electron chi connectivity index (χ2n) is 7.32. The molecule has 1 aromatic rings. The minimum atomic E-state index is -4.60. The maximum absolute atomic E-state index is 12.3. The van der Waals surface area contributed by atoms with E-state index in [2.05, 4.69) is 13.8 Å². The first-order valence-electron chi connectivity index (χ1n) is 10.8. The van der Waals surface area contributed by atoms with E-state index in [1.54, 1.807) is 0 Å². The zero-order valence-electron chi connectivity index (χ0n) is 18.0. The normalized spacial score (nSPS) is 10.9. The number of hydrogen-bond donors (Lipinski definition) is 1. The number of carbonyl (C=O) groups excluding carboxylic acids is 2. The molecule has 9 heteroatoms. The average Bonchev–Trinajstić information content (AvgIpc) is 2.71. The number of unbranched alkanes of at least 4 members (excludes halogenated alkanes) is 8. The number of rotatable bonds is 15. The van der Waals surface area contributed by atoms with Crippen molar-refractivity contribution in [3.05, 3.63) is 29.3 Å². The van der Waals surface area contributed by atoms with Crippen LogP contribution in [0.2, 0.25) is 0 Å². The standard InChI is InChI=1S/C22H34O7S.Ba.2H/c1-3-5-7-9-11-13-28-21(23)18-15-19(17-20(16-18)30(25,26)27)22(24)29-14-12-10-8-6-4-2;;;/h15-17H,3-14H2,1-2H3,(H,25,26,27);;;. The van der Waals surface area contributed by atoms with Crippen LogP contribution in [-0.2, 0) is 19.6 Å². The molecular formula is C22H36BaO7S. The molecule has 0 fully saturated rings. The molecule has 1 N–H and O–H groups in total. The van der Waals surface area contributed by atoms with Crippen LogP contribution in [0.4, 0.5) is 0 Å². The van der Waals surface area contributed by atoms with E-state index in [1.807, 2.05) is 0 Å². The van der Waals surface area contributed by atoms with E-state index < -0.39 is 27.0 Å². The van der Waals surface area contributed by atoms with Gasteiger partial charge in [-0.2, -0.15) is 8.42 Å². The first-order chi connectivity index (χ1) is 14.3. The van der Waals surface area contributed by atoms with Crippen LogP contribution in [-0.4, -0.2) is 87.0 Å². The van der Waals surface area contributed by atoms with E-state index in [0.29, 0.717) is 12.8 Å². The van der Waals surface area contributed by atoms with Crippen molar-refractivity contribution in [2.45, 2.75) is 83.0 Å². The van der Waals surface area contributed by atoms with E-state index in [0.717, 1.165) is 63.5 Å². The van der Waals surface area contributed by atoms with Crippen molar-refractivity contribution in [3.63, 3.8) is 0 Å². The Morgan fingerprint density at radius 1 is 0.742 bits per heavy atom. The fraction of sp³-hybridized carbons (Fsp3) is 0.636. The van der Waals surface area contributed by atoms with Gasteiger partial charge >= 0.3 is 60.8 Å². The van der Waals surface area contributed by atoms with Gasteiger partial charge in [0.05, 0.1) is 29.2 Å². The van der Waals surface area contributed by atoms with Crippen LogP contribution < -0.4 is 0 Å². The molecule has 0 unspecified atom stereocenters. The van der Waals surface area contributed by atoms with Crippen molar-refractivity contribution >= 4 is 70.9 Å². The van der Waals surface area contributed by atoms with Gasteiger partial charge in [0.25, 0.3) is 10.1 Å². The molecule has 0 aliphatic rings. The molecule has 0 aliphatic heterocycles. The Morgan fingerprint density at radius 3 is 1.48 bits per heavy atom. The zero-order valence-corrected chi connectivity index (χ0v) is 18.8. The Balaban J connectivity index is 0.00000900. The van der Waals surface area contributed by atoms with Crippen molar-refractivity contribution in [2.24, 2.45) is 0 Å². The molecule has 174 valence electrons. The molecule has 31 heavy (non-hydrogen) atoms. The zero-order chi connectivity index (χ0) is 22.4. The predicted molar refractivity (Wildman–Crippen MR) is 123 cm³/mol. The molecule has 1 aromatic carbocycles. The number of esters is 2. The van der Waals surface area contributed by atoms with Crippen LogP contribution in [0.5, 0.6) is 0 Å². The molecule has 0 saturated carbocycles. The number of benzene rings is 1. The Bertz CT molecular complexity index is 732. The van der Waals surface area contributed by atoms with E-state index >= 15 is 0 Å². The molecule has 1 rings (SSSR count). The van der Waals surface area contributed by atoms with Gasteiger partial charge in [0, 0.05) is 0 Å². The predicted octanol–water partition coefficient (Wildman–Crippen LogP) is 4.27. The molecular weight excluding hydrogens is 546 g/mol. The van der Waals surface area contributed by atoms with Gasteiger partial charge in [0.15, 0.2) is 0 Å². The summed E-state index contributed by atoms with van der Waals surface area (Å²) in [6.45, 7) is 4.63. The second-order valence-corrected chi connectivity index (χ2v) is 8.74. The van der Waals surface area contributed by atoms with Gasteiger partial charge in [-0.25, -0.2) is 9.59 Å². The van der Waals surface area contributed by atoms with Crippen LogP contribution in [0.1, 0.15) is 98.8 Å². The van der Waals surface area contributed by atoms with Crippen LogP contribution in [0, 0.1) is 0 Å². The molecule has 0 heterocycles. The summed E-state index contributed by atoms with van der Waals surface area (Å²) in [5, 5.41) is 0. The summed E-state index contributed by atoms with van der Waals surface area (Å²) in [7, 11) is -4.60. The summed E-state index contributed by atoms with van der Waals surface area (Å²) in [6.07, 6.45) is 9.85. The number of carbonyl (C=O) groups is 2. The molecule has 7 nitrogen and oxygen atoms in total. The van der Waals surface area contributed by atoms with E-state index in [1.165, 1.54) is 6.07 Å².